The largest absolute Gasteiger partial charge is 0.335 e. The molecule has 0 aliphatic heterocycles. The molecule has 0 amide bonds. The smallest absolute Gasteiger partial charge is 0.105 e. The van der Waals surface area contributed by atoms with Crippen molar-refractivity contribution in [2.24, 2.45) is 7.05 Å². The number of nitrogens with zero attached hydrogens (tertiary/aromatic N) is 2. The molecule has 0 spiro atoms. The molecule has 84 valence electrons. The molecule has 2 rings (SSSR count). The highest BCUT2D eigenvalue weighted by Gasteiger charge is 2.22. The van der Waals surface area contributed by atoms with Crippen LogP contribution in [0.3, 0.4) is 0 Å². The van der Waals surface area contributed by atoms with Crippen LogP contribution in [-0.4, -0.2) is 14.9 Å². The molecule has 0 saturated heterocycles. The zero-order valence-electron chi connectivity index (χ0n) is 9.54. The molecule has 0 bridgehead atoms. The summed E-state index contributed by atoms with van der Waals surface area (Å²) in [4.78, 5) is 4.37. The summed E-state index contributed by atoms with van der Waals surface area (Å²) in [6.07, 6.45) is 8.16. The third-order valence-corrected chi connectivity index (χ3v) is 3.93. The van der Waals surface area contributed by atoms with Crippen LogP contribution in [0.5, 0.6) is 0 Å². The maximum absolute atomic E-state index is 6.30. The van der Waals surface area contributed by atoms with E-state index in [4.69, 9.17) is 11.6 Å². The Balaban J connectivity index is 2.18. The van der Waals surface area contributed by atoms with Gasteiger partial charge in [0.2, 0.25) is 0 Å². The Bertz CT molecular complexity index is 332. The Morgan fingerprint density at radius 2 is 2.13 bits per heavy atom. The van der Waals surface area contributed by atoms with Gasteiger partial charge >= 0.3 is 0 Å². The molecule has 0 radical (unpaired) electrons. The van der Waals surface area contributed by atoms with E-state index in [0.717, 1.165) is 12.2 Å². The summed E-state index contributed by atoms with van der Waals surface area (Å²) >= 11 is 6.30. The molecule has 1 aromatic heterocycles. The molecular weight excluding hydrogens is 208 g/mol. The van der Waals surface area contributed by atoms with Gasteiger partial charge in [-0.1, -0.05) is 12.8 Å². The highest BCUT2D eigenvalue weighted by Crippen LogP contribution is 2.33. The minimum atomic E-state index is 0.354. The van der Waals surface area contributed by atoms with Crippen LogP contribution in [-0.2, 0) is 7.05 Å². The highest BCUT2D eigenvalue weighted by atomic mass is 35.5. The Morgan fingerprint density at radius 1 is 1.40 bits per heavy atom. The molecular formula is C12H19ClN2. The van der Waals surface area contributed by atoms with Gasteiger partial charge in [0.1, 0.15) is 5.82 Å². The van der Waals surface area contributed by atoms with E-state index in [2.05, 4.69) is 23.5 Å². The molecule has 1 aromatic rings. The molecule has 1 saturated carbocycles. The quantitative estimate of drug-likeness (QED) is 0.530. The molecule has 1 fully saturated rings. The summed E-state index contributed by atoms with van der Waals surface area (Å²) in [6.45, 7) is 2.05. The van der Waals surface area contributed by atoms with Crippen molar-refractivity contribution in [1.29, 1.82) is 0 Å². The summed E-state index contributed by atoms with van der Waals surface area (Å²) in [7, 11) is 2.10. The average molecular weight is 227 g/mol. The van der Waals surface area contributed by atoms with Gasteiger partial charge in [-0.25, -0.2) is 4.98 Å². The van der Waals surface area contributed by atoms with Gasteiger partial charge in [-0.2, -0.15) is 0 Å². The second kappa shape index (κ2) is 4.56. The maximum Gasteiger partial charge on any atom is 0.105 e. The van der Waals surface area contributed by atoms with E-state index in [1.807, 2.05) is 6.20 Å². The van der Waals surface area contributed by atoms with Gasteiger partial charge in [-0.05, 0) is 26.2 Å². The van der Waals surface area contributed by atoms with Crippen molar-refractivity contribution >= 4 is 11.6 Å². The number of hydrogen-bond donors (Lipinski definition) is 0. The fourth-order valence-corrected chi connectivity index (χ4v) is 2.84. The number of rotatable bonds is 1. The van der Waals surface area contributed by atoms with E-state index in [0.29, 0.717) is 11.3 Å². The fourth-order valence-electron chi connectivity index (χ4n) is 2.47. The average Bonchev–Trinajstić information content (AvgIpc) is 2.42. The minimum Gasteiger partial charge on any atom is -0.335 e. The molecule has 2 unspecified atom stereocenters. The normalized spacial score (nSPS) is 27.7. The van der Waals surface area contributed by atoms with E-state index in [1.54, 1.807) is 0 Å². The molecule has 0 aromatic carbocycles. The van der Waals surface area contributed by atoms with Crippen molar-refractivity contribution < 1.29 is 0 Å². The van der Waals surface area contributed by atoms with Crippen LogP contribution in [0.15, 0.2) is 6.20 Å². The maximum atomic E-state index is 6.30. The van der Waals surface area contributed by atoms with Crippen molar-refractivity contribution in [3.63, 3.8) is 0 Å². The third kappa shape index (κ3) is 2.36. The number of aryl methyl sites for hydroxylation is 1. The SMILES string of the molecule is Cc1ncc(C2CCCCC(Cl)C2)n1C. The van der Waals surface area contributed by atoms with Crippen LogP contribution >= 0.6 is 11.6 Å². The van der Waals surface area contributed by atoms with E-state index < -0.39 is 0 Å². The zero-order chi connectivity index (χ0) is 10.8. The third-order valence-electron chi connectivity index (χ3n) is 3.53. The highest BCUT2D eigenvalue weighted by molar-refractivity contribution is 6.20. The van der Waals surface area contributed by atoms with Crippen molar-refractivity contribution in [3.8, 4) is 0 Å². The van der Waals surface area contributed by atoms with Crippen LogP contribution in [0.2, 0.25) is 0 Å². The lowest BCUT2D eigenvalue weighted by Gasteiger charge is -2.16. The van der Waals surface area contributed by atoms with E-state index in [-0.39, 0.29) is 0 Å². The number of hydrogen-bond acceptors (Lipinski definition) is 1. The lowest BCUT2D eigenvalue weighted by atomic mass is 9.97. The predicted molar refractivity (Wildman–Crippen MR) is 63.4 cm³/mol. The second-order valence-electron chi connectivity index (χ2n) is 4.60. The van der Waals surface area contributed by atoms with Gasteiger partial charge in [0.15, 0.2) is 0 Å². The second-order valence-corrected chi connectivity index (χ2v) is 5.22. The standard InChI is InChI=1S/C12H19ClN2/c1-9-14-8-12(15(9)2)10-5-3-4-6-11(13)7-10/h8,10-11H,3-7H2,1-2H3. The van der Waals surface area contributed by atoms with Gasteiger partial charge in [0, 0.05) is 30.2 Å². The Hall–Kier alpha value is -0.500. The molecule has 15 heavy (non-hydrogen) atoms. The van der Waals surface area contributed by atoms with Crippen LogP contribution in [0, 0.1) is 6.92 Å². The summed E-state index contributed by atoms with van der Waals surface area (Å²) in [6, 6.07) is 0. The summed E-state index contributed by atoms with van der Waals surface area (Å²) < 4.78 is 2.21. The summed E-state index contributed by atoms with van der Waals surface area (Å²) in [5.74, 6) is 1.71. The summed E-state index contributed by atoms with van der Waals surface area (Å²) in [5, 5.41) is 0.354. The Labute approximate surface area is 96.7 Å². The molecule has 1 aliphatic carbocycles. The molecule has 3 heteroatoms. The number of halogens is 1. The topological polar surface area (TPSA) is 17.8 Å². The Morgan fingerprint density at radius 3 is 2.80 bits per heavy atom. The zero-order valence-corrected chi connectivity index (χ0v) is 10.3. The van der Waals surface area contributed by atoms with Gasteiger partial charge in [-0.15, -0.1) is 11.6 Å². The van der Waals surface area contributed by atoms with Gasteiger partial charge in [-0.3, -0.25) is 0 Å². The first-order chi connectivity index (χ1) is 7.18. The predicted octanol–water partition coefficient (Wildman–Crippen LogP) is 3.38. The fraction of sp³-hybridized carbons (Fsp3) is 0.750. The van der Waals surface area contributed by atoms with Gasteiger partial charge < -0.3 is 4.57 Å². The van der Waals surface area contributed by atoms with Crippen LogP contribution in [0.1, 0.15) is 49.5 Å². The van der Waals surface area contributed by atoms with E-state index >= 15 is 0 Å². The molecule has 0 N–H and O–H groups in total. The van der Waals surface area contributed by atoms with Gasteiger partial charge in [0.05, 0.1) is 0 Å². The van der Waals surface area contributed by atoms with Gasteiger partial charge in [0.25, 0.3) is 0 Å². The molecule has 2 nitrogen and oxygen atoms in total. The van der Waals surface area contributed by atoms with Crippen molar-refractivity contribution in [2.75, 3.05) is 0 Å². The monoisotopic (exact) mass is 226 g/mol. The van der Waals surface area contributed by atoms with E-state index in [9.17, 15) is 0 Å². The lowest BCUT2D eigenvalue weighted by Crippen LogP contribution is -2.08. The number of alkyl halides is 1. The Kier molecular flexibility index (Phi) is 3.35. The lowest BCUT2D eigenvalue weighted by molar-refractivity contribution is 0.558. The van der Waals surface area contributed by atoms with Crippen LogP contribution in [0.25, 0.3) is 0 Å². The number of imidazole rings is 1. The van der Waals surface area contributed by atoms with Crippen LogP contribution in [0.4, 0.5) is 0 Å². The first kappa shape index (κ1) is 11.0. The van der Waals surface area contributed by atoms with Crippen molar-refractivity contribution in [1.82, 2.24) is 9.55 Å². The summed E-state index contributed by atoms with van der Waals surface area (Å²) in [5.41, 5.74) is 1.36. The van der Waals surface area contributed by atoms with Crippen molar-refractivity contribution in [2.45, 2.75) is 50.3 Å². The molecule has 2 atom stereocenters. The molecule has 1 heterocycles. The number of aromatic nitrogens is 2. The van der Waals surface area contributed by atoms with Crippen molar-refractivity contribution in [3.05, 3.63) is 17.7 Å². The van der Waals surface area contributed by atoms with E-state index in [1.165, 1.54) is 31.4 Å². The van der Waals surface area contributed by atoms with Crippen LogP contribution < -0.4 is 0 Å². The first-order valence-electron chi connectivity index (χ1n) is 5.80. The first-order valence-corrected chi connectivity index (χ1v) is 6.24. The minimum absolute atomic E-state index is 0.354. The molecule has 1 aliphatic rings.